The third kappa shape index (κ3) is 4.03. The van der Waals surface area contributed by atoms with Gasteiger partial charge in [0.05, 0.1) is 5.69 Å². The van der Waals surface area contributed by atoms with Gasteiger partial charge in [0.25, 0.3) is 5.91 Å². The first-order valence-corrected chi connectivity index (χ1v) is 7.20. The Morgan fingerprint density at radius 3 is 2.78 bits per heavy atom. The zero-order chi connectivity index (χ0) is 13.5. The van der Waals surface area contributed by atoms with E-state index in [2.05, 4.69) is 21.8 Å². The van der Waals surface area contributed by atoms with Crippen molar-refractivity contribution in [1.29, 1.82) is 0 Å². The minimum absolute atomic E-state index is 0.0413. The minimum Gasteiger partial charge on any atom is -0.347 e. The molecule has 0 bridgehead atoms. The van der Waals surface area contributed by atoms with E-state index in [1.54, 1.807) is 0 Å². The molecule has 0 radical (unpaired) electrons. The van der Waals surface area contributed by atoms with E-state index in [9.17, 15) is 4.79 Å². The van der Waals surface area contributed by atoms with Crippen LogP contribution in [0.2, 0.25) is 0 Å². The second-order valence-corrected chi connectivity index (χ2v) is 5.44. The van der Waals surface area contributed by atoms with Crippen LogP contribution in [0.3, 0.4) is 0 Å². The number of carbonyl (C=O) groups is 1. The minimum atomic E-state index is -0.0970. The van der Waals surface area contributed by atoms with Crippen LogP contribution in [0, 0.1) is 0 Å². The average molecular weight is 270 g/mol. The smallest absolute Gasteiger partial charge is 0.265 e. The molecule has 102 valence electrons. The van der Waals surface area contributed by atoms with Crippen molar-refractivity contribution < 1.29 is 4.79 Å². The molecule has 0 aromatic carbocycles. The number of nitrogens with two attached hydrogens (primary N) is 1. The molecule has 1 amide bonds. The molecule has 1 unspecified atom stereocenters. The van der Waals surface area contributed by atoms with Crippen molar-refractivity contribution in [3.05, 3.63) is 10.6 Å². The molecule has 18 heavy (non-hydrogen) atoms. The monoisotopic (exact) mass is 270 g/mol. The van der Waals surface area contributed by atoms with Gasteiger partial charge in [-0.3, -0.25) is 4.79 Å². The number of nitrogens with zero attached hydrogens (tertiary/aromatic N) is 2. The van der Waals surface area contributed by atoms with Crippen LogP contribution in [0.25, 0.3) is 0 Å². The average Bonchev–Trinajstić information content (AvgIpc) is 2.83. The molecule has 1 atom stereocenters. The molecule has 1 heterocycles. The number of hydrogen-bond acceptors (Lipinski definition) is 5. The zero-order valence-electron chi connectivity index (χ0n) is 11.3. The van der Waals surface area contributed by atoms with Crippen LogP contribution in [-0.4, -0.2) is 28.1 Å². The summed E-state index contributed by atoms with van der Waals surface area (Å²) in [6.45, 7) is 6.60. The van der Waals surface area contributed by atoms with Gasteiger partial charge in [-0.1, -0.05) is 38.1 Å². The zero-order valence-corrected chi connectivity index (χ0v) is 12.1. The number of carbonyl (C=O) groups excluding carboxylic acids is 1. The number of aromatic nitrogens is 2. The molecule has 1 aromatic heterocycles. The predicted octanol–water partition coefficient (Wildman–Crippen LogP) is 1.91. The van der Waals surface area contributed by atoms with Gasteiger partial charge in [0, 0.05) is 12.6 Å². The topological polar surface area (TPSA) is 80.9 Å². The van der Waals surface area contributed by atoms with Crippen molar-refractivity contribution in [2.75, 3.05) is 6.54 Å². The lowest BCUT2D eigenvalue weighted by molar-refractivity contribution is 0.0938. The second-order valence-electron chi connectivity index (χ2n) is 4.69. The summed E-state index contributed by atoms with van der Waals surface area (Å²) >= 11 is 1.15. The van der Waals surface area contributed by atoms with E-state index in [4.69, 9.17) is 5.73 Å². The molecule has 0 aliphatic carbocycles. The summed E-state index contributed by atoms with van der Waals surface area (Å²) in [6, 6.07) is 0.0413. The Labute approximate surface area is 112 Å². The summed E-state index contributed by atoms with van der Waals surface area (Å²) in [6.07, 6.45) is 3.09. The Morgan fingerprint density at radius 2 is 2.22 bits per heavy atom. The van der Waals surface area contributed by atoms with Gasteiger partial charge in [-0.15, -0.1) is 5.10 Å². The quantitative estimate of drug-likeness (QED) is 0.793. The first-order valence-electron chi connectivity index (χ1n) is 6.43. The van der Waals surface area contributed by atoms with Gasteiger partial charge < -0.3 is 11.1 Å². The molecule has 0 aliphatic rings. The van der Waals surface area contributed by atoms with E-state index in [0.717, 1.165) is 36.5 Å². The molecule has 0 fully saturated rings. The molecule has 0 aliphatic heterocycles. The van der Waals surface area contributed by atoms with Crippen LogP contribution < -0.4 is 11.1 Å². The maximum absolute atomic E-state index is 12.1. The highest BCUT2D eigenvalue weighted by Crippen LogP contribution is 2.19. The Bertz CT molecular complexity index is 378. The molecular weight excluding hydrogens is 248 g/mol. The molecule has 5 nitrogen and oxygen atoms in total. The lowest BCUT2D eigenvalue weighted by Gasteiger charge is -2.16. The van der Waals surface area contributed by atoms with Gasteiger partial charge in [0.1, 0.15) is 4.88 Å². The molecule has 0 spiro atoms. The maximum atomic E-state index is 12.1. The Balaban J connectivity index is 2.66. The van der Waals surface area contributed by atoms with Gasteiger partial charge in [0.15, 0.2) is 0 Å². The second kappa shape index (κ2) is 7.43. The molecule has 6 heteroatoms. The van der Waals surface area contributed by atoms with Crippen molar-refractivity contribution in [2.45, 2.75) is 52.0 Å². The van der Waals surface area contributed by atoms with Gasteiger partial charge in [-0.2, -0.15) is 0 Å². The predicted molar refractivity (Wildman–Crippen MR) is 73.8 cm³/mol. The fourth-order valence-corrected chi connectivity index (χ4v) is 2.41. The lowest BCUT2D eigenvalue weighted by Crippen LogP contribution is -2.40. The van der Waals surface area contributed by atoms with Gasteiger partial charge in [-0.05, 0) is 23.9 Å². The van der Waals surface area contributed by atoms with Crippen LogP contribution in [0.5, 0.6) is 0 Å². The van der Waals surface area contributed by atoms with Crippen molar-refractivity contribution in [3.63, 3.8) is 0 Å². The highest BCUT2D eigenvalue weighted by molar-refractivity contribution is 7.08. The fraction of sp³-hybridized carbons (Fsp3) is 0.750. The summed E-state index contributed by atoms with van der Waals surface area (Å²) < 4.78 is 3.86. The van der Waals surface area contributed by atoms with Crippen LogP contribution in [-0.2, 0) is 0 Å². The van der Waals surface area contributed by atoms with Crippen LogP contribution in [0.4, 0.5) is 0 Å². The van der Waals surface area contributed by atoms with Gasteiger partial charge in [-0.25, -0.2) is 0 Å². The Kier molecular flexibility index (Phi) is 6.21. The highest BCUT2D eigenvalue weighted by atomic mass is 32.1. The number of hydrogen-bond donors (Lipinski definition) is 2. The summed E-state index contributed by atoms with van der Waals surface area (Å²) in [5.74, 6) is 0.108. The Morgan fingerprint density at radius 1 is 1.50 bits per heavy atom. The molecule has 1 rings (SSSR count). The summed E-state index contributed by atoms with van der Waals surface area (Å²) in [7, 11) is 0. The molecule has 1 aromatic rings. The molecule has 0 saturated heterocycles. The van der Waals surface area contributed by atoms with Crippen molar-refractivity contribution >= 4 is 17.4 Å². The van der Waals surface area contributed by atoms with E-state index in [-0.39, 0.29) is 17.9 Å². The van der Waals surface area contributed by atoms with Gasteiger partial charge in [0.2, 0.25) is 0 Å². The van der Waals surface area contributed by atoms with Crippen LogP contribution in [0.1, 0.15) is 61.3 Å². The van der Waals surface area contributed by atoms with E-state index < -0.39 is 0 Å². The largest absolute Gasteiger partial charge is 0.347 e. The molecule has 0 saturated carbocycles. The lowest BCUT2D eigenvalue weighted by atomic mass is 10.1. The fourth-order valence-electron chi connectivity index (χ4n) is 1.68. The number of unbranched alkanes of at least 4 members (excludes halogenated alkanes) is 1. The van der Waals surface area contributed by atoms with Gasteiger partial charge >= 0.3 is 0 Å². The Hall–Kier alpha value is -1.01. The number of rotatable bonds is 7. The third-order valence-electron chi connectivity index (χ3n) is 2.79. The molecular formula is C12H22N4OS. The van der Waals surface area contributed by atoms with Crippen LogP contribution in [0.15, 0.2) is 0 Å². The van der Waals surface area contributed by atoms with E-state index in [1.807, 2.05) is 13.8 Å². The SMILES string of the molecule is CCCCC(CN)NC(=O)c1snnc1C(C)C. The first kappa shape index (κ1) is 15.0. The first-order chi connectivity index (χ1) is 8.60. The van der Waals surface area contributed by atoms with Crippen molar-refractivity contribution in [3.8, 4) is 0 Å². The third-order valence-corrected chi connectivity index (χ3v) is 3.53. The highest BCUT2D eigenvalue weighted by Gasteiger charge is 2.20. The number of nitrogens with one attached hydrogen (secondary N) is 1. The standard InChI is InChI=1S/C12H22N4OS/c1-4-5-6-9(7-13)14-12(17)11-10(8(2)3)15-16-18-11/h8-9H,4-7,13H2,1-3H3,(H,14,17). The molecule has 3 N–H and O–H groups in total. The number of amides is 1. The normalized spacial score (nSPS) is 12.7. The summed E-state index contributed by atoms with van der Waals surface area (Å²) in [5, 5.41) is 6.97. The van der Waals surface area contributed by atoms with Crippen LogP contribution >= 0.6 is 11.5 Å². The summed E-state index contributed by atoms with van der Waals surface area (Å²) in [4.78, 5) is 12.7. The summed E-state index contributed by atoms with van der Waals surface area (Å²) in [5.41, 5.74) is 6.44. The van der Waals surface area contributed by atoms with Crippen molar-refractivity contribution in [2.24, 2.45) is 5.73 Å². The maximum Gasteiger partial charge on any atom is 0.265 e. The van der Waals surface area contributed by atoms with E-state index in [0.29, 0.717) is 11.4 Å². The van der Waals surface area contributed by atoms with E-state index in [1.165, 1.54) is 0 Å². The van der Waals surface area contributed by atoms with E-state index >= 15 is 0 Å². The van der Waals surface area contributed by atoms with Crippen molar-refractivity contribution in [1.82, 2.24) is 14.9 Å².